The number of hydrogen-bond acceptors (Lipinski definition) is 7. The summed E-state index contributed by atoms with van der Waals surface area (Å²) in [5, 5.41) is 8.61. The van der Waals surface area contributed by atoms with Crippen LogP contribution in [0.3, 0.4) is 0 Å². The van der Waals surface area contributed by atoms with Crippen LogP contribution < -0.4 is 0 Å². The second-order valence-electron chi connectivity index (χ2n) is 7.55. The average Bonchev–Trinajstić information content (AvgIpc) is 3.41. The number of esters is 2. The Morgan fingerprint density at radius 3 is 1.72 bits per heavy atom. The van der Waals surface area contributed by atoms with E-state index in [1.165, 1.54) is 20.5 Å². The molecule has 0 spiro atoms. The van der Waals surface area contributed by atoms with E-state index in [1.54, 1.807) is 0 Å². The van der Waals surface area contributed by atoms with E-state index in [9.17, 15) is 18.0 Å². The lowest BCUT2D eigenvalue weighted by molar-refractivity contribution is -0.147. The van der Waals surface area contributed by atoms with Crippen molar-refractivity contribution in [1.29, 1.82) is 0 Å². The number of sulfone groups is 1. The summed E-state index contributed by atoms with van der Waals surface area (Å²) in [7, 11) is -0.149. The first kappa shape index (κ1) is 21.9. The third-order valence-electron chi connectivity index (χ3n) is 5.44. The van der Waals surface area contributed by atoms with Crippen molar-refractivity contribution in [2.75, 3.05) is 32.8 Å². The lowest BCUT2D eigenvalue weighted by Gasteiger charge is -2.07. The highest BCUT2D eigenvalue weighted by atomic mass is 32.2. The van der Waals surface area contributed by atoms with Crippen LogP contribution >= 0.6 is 0 Å². The van der Waals surface area contributed by atoms with Gasteiger partial charge in [0.2, 0.25) is 0 Å². The van der Waals surface area contributed by atoms with Gasteiger partial charge < -0.3 is 14.6 Å². The van der Waals surface area contributed by atoms with Gasteiger partial charge in [0.25, 0.3) is 0 Å². The molecule has 0 amide bonds. The fourth-order valence-corrected chi connectivity index (χ4v) is 3.94. The third kappa shape index (κ3) is 5.67. The topological polar surface area (TPSA) is 107 Å². The van der Waals surface area contributed by atoms with Crippen LogP contribution in [0.1, 0.15) is 39.5 Å². The SMILES string of the molecule is COC(=O)[C@@]1(C)C[C@H]1CCO.COC(=O)[C@@]1(C)C[C@H]1CCS(C)(=O)=O. The average molecular weight is 378 g/mol. The maximum absolute atomic E-state index is 11.3. The maximum atomic E-state index is 11.3. The lowest BCUT2D eigenvalue weighted by Crippen LogP contribution is -2.17. The molecule has 8 heteroatoms. The second-order valence-corrected chi connectivity index (χ2v) is 9.81. The molecule has 0 bridgehead atoms. The van der Waals surface area contributed by atoms with Gasteiger partial charge in [0.15, 0.2) is 0 Å². The lowest BCUT2D eigenvalue weighted by atomic mass is 10.1. The van der Waals surface area contributed by atoms with Gasteiger partial charge in [-0.2, -0.15) is 0 Å². The number of aliphatic hydroxyl groups excluding tert-OH is 1. The molecule has 25 heavy (non-hydrogen) atoms. The molecule has 2 aliphatic carbocycles. The first-order chi connectivity index (χ1) is 11.4. The molecule has 7 nitrogen and oxygen atoms in total. The minimum absolute atomic E-state index is 0.143. The maximum Gasteiger partial charge on any atom is 0.311 e. The zero-order valence-corrected chi connectivity index (χ0v) is 16.5. The molecule has 0 aromatic heterocycles. The molecule has 146 valence electrons. The monoisotopic (exact) mass is 378 g/mol. The van der Waals surface area contributed by atoms with Crippen molar-refractivity contribution in [2.24, 2.45) is 22.7 Å². The van der Waals surface area contributed by atoms with Crippen LogP contribution in [-0.2, 0) is 28.9 Å². The minimum atomic E-state index is -2.91. The second kappa shape index (κ2) is 8.03. The summed E-state index contributed by atoms with van der Waals surface area (Å²) >= 11 is 0. The number of hydrogen-bond donors (Lipinski definition) is 1. The molecular weight excluding hydrogens is 348 g/mol. The van der Waals surface area contributed by atoms with E-state index in [-0.39, 0.29) is 35.6 Å². The number of carbonyl (C=O) groups is 2. The van der Waals surface area contributed by atoms with E-state index in [0.717, 1.165) is 12.8 Å². The molecule has 4 atom stereocenters. The molecule has 1 N–H and O–H groups in total. The Morgan fingerprint density at radius 2 is 1.40 bits per heavy atom. The number of carbonyl (C=O) groups excluding carboxylic acids is 2. The summed E-state index contributed by atoms with van der Waals surface area (Å²) in [6.45, 7) is 3.88. The zero-order chi connectivity index (χ0) is 19.5. The van der Waals surface area contributed by atoms with Crippen molar-refractivity contribution in [2.45, 2.75) is 39.5 Å². The number of methoxy groups -OCH3 is 2. The standard InChI is InChI=1S/C9H16O4S.C8H14O3/c1-9(8(10)13-2)6-7(9)4-5-14(3,11)12;1-8(7(10)11-2)5-6(8)3-4-9/h7H,4-6H2,1-3H3;6,9H,3-5H2,1-2H3/t7-,9+;6-,8+/m11/s1. The van der Waals surface area contributed by atoms with E-state index in [0.29, 0.717) is 18.8 Å². The van der Waals surface area contributed by atoms with E-state index >= 15 is 0 Å². The Bertz CT molecular complexity index is 600. The quantitative estimate of drug-likeness (QED) is 0.663. The first-order valence-electron chi connectivity index (χ1n) is 8.40. The minimum Gasteiger partial charge on any atom is -0.469 e. The van der Waals surface area contributed by atoms with E-state index < -0.39 is 15.3 Å². The van der Waals surface area contributed by atoms with Gasteiger partial charge in [0.1, 0.15) is 9.84 Å². The first-order valence-corrected chi connectivity index (χ1v) is 10.5. The molecule has 2 aliphatic rings. The van der Waals surface area contributed by atoms with Crippen LogP contribution in [0.5, 0.6) is 0 Å². The molecular formula is C17H30O7S. The summed E-state index contributed by atoms with van der Waals surface area (Å²) in [6.07, 6.45) is 4.09. The highest BCUT2D eigenvalue weighted by molar-refractivity contribution is 7.90. The summed E-state index contributed by atoms with van der Waals surface area (Å²) in [4.78, 5) is 22.3. The largest absolute Gasteiger partial charge is 0.469 e. The van der Waals surface area contributed by atoms with Gasteiger partial charge in [-0.3, -0.25) is 9.59 Å². The van der Waals surface area contributed by atoms with Crippen LogP contribution in [0.4, 0.5) is 0 Å². The van der Waals surface area contributed by atoms with Crippen LogP contribution in [-0.4, -0.2) is 58.3 Å². The Kier molecular flexibility index (Phi) is 7.03. The smallest absolute Gasteiger partial charge is 0.311 e. The third-order valence-corrected chi connectivity index (χ3v) is 6.42. The summed E-state index contributed by atoms with van der Waals surface area (Å²) < 4.78 is 31.1. The highest BCUT2D eigenvalue weighted by Gasteiger charge is 2.57. The Morgan fingerprint density at radius 1 is 1.00 bits per heavy atom. The van der Waals surface area contributed by atoms with Crippen molar-refractivity contribution in [3.05, 3.63) is 0 Å². The Labute approximate surface area is 150 Å². The number of ether oxygens (including phenoxy) is 2. The zero-order valence-electron chi connectivity index (χ0n) is 15.7. The van der Waals surface area contributed by atoms with Gasteiger partial charge >= 0.3 is 11.9 Å². The predicted molar refractivity (Wildman–Crippen MR) is 92.5 cm³/mol. The van der Waals surface area contributed by atoms with Crippen LogP contribution in [0.15, 0.2) is 0 Å². The van der Waals surface area contributed by atoms with Gasteiger partial charge in [0, 0.05) is 12.9 Å². The molecule has 0 aromatic carbocycles. The molecule has 0 heterocycles. The molecule has 2 rings (SSSR count). The summed E-state index contributed by atoms with van der Waals surface area (Å²) in [5.41, 5.74) is -0.725. The van der Waals surface area contributed by atoms with E-state index in [4.69, 9.17) is 5.11 Å². The van der Waals surface area contributed by atoms with Crippen LogP contribution in [0.2, 0.25) is 0 Å². The highest BCUT2D eigenvalue weighted by Crippen LogP contribution is 2.55. The van der Waals surface area contributed by atoms with Crippen LogP contribution in [0, 0.1) is 22.7 Å². The van der Waals surface area contributed by atoms with Gasteiger partial charge in [-0.1, -0.05) is 0 Å². The van der Waals surface area contributed by atoms with Crippen LogP contribution in [0.25, 0.3) is 0 Å². The van der Waals surface area contributed by atoms with Crippen molar-refractivity contribution >= 4 is 21.8 Å². The van der Waals surface area contributed by atoms with Crippen molar-refractivity contribution in [3.8, 4) is 0 Å². The molecule has 0 aliphatic heterocycles. The fourth-order valence-electron chi connectivity index (χ4n) is 3.23. The molecule has 2 fully saturated rings. The summed E-state index contributed by atoms with van der Waals surface area (Å²) in [6, 6.07) is 0. The fraction of sp³-hybridized carbons (Fsp3) is 0.882. The molecule has 0 unspecified atom stereocenters. The van der Waals surface area contributed by atoms with Gasteiger partial charge in [0.05, 0.1) is 30.8 Å². The number of rotatable bonds is 7. The number of aliphatic hydroxyl groups is 1. The normalized spacial score (nSPS) is 32.9. The van der Waals surface area contributed by atoms with Crippen molar-refractivity contribution in [1.82, 2.24) is 0 Å². The molecule has 0 radical (unpaired) electrons. The predicted octanol–water partition coefficient (Wildman–Crippen LogP) is 1.19. The van der Waals surface area contributed by atoms with Crippen molar-refractivity contribution < 1.29 is 32.6 Å². The Hall–Kier alpha value is -1.15. The van der Waals surface area contributed by atoms with Crippen molar-refractivity contribution in [3.63, 3.8) is 0 Å². The molecule has 0 aromatic rings. The summed E-state index contributed by atoms with van der Waals surface area (Å²) in [5.74, 6) is 0.293. The van der Waals surface area contributed by atoms with Gasteiger partial charge in [-0.05, 0) is 51.4 Å². The van der Waals surface area contributed by atoms with Gasteiger partial charge in [-0.15, -0.1) is 0 Å². The molecule has 2 saturated carbocycles. The molecule has 0 saturated heterocycles. The van der Waals surface area contributed by atoms with E-state index in [1.807, 2.05) is 13.8 Å². The Balaban J connectivity index is 0.000000257. The van der Waals surface area contributed by atoms with Gasteiger partial charge in [-0.25, -0.2) is 8.42 Å². The van der Waals surface area contributed by atoms with E-state index in [2.05, 4.69) is 9.47 Å².